The van der Waals surface area contributed by atoms with Crippen LogP contribution in [0.1, 0.15) is 31.7 Å². The van der Waals surface area contributed by atoms with Crippen LogP contribution in [0.25, 0.3) is 0 Å². The van der Waals surface area contributed by atoms with Gasteiger partial charge in [0.1, 0.15) is 22.2 Å². The summed E-state index contributed by atoms with van der Waals surface area (Å²) in [5.41, 5.74) is 2.15. The number of aliphatic carboxylic acids is 1. The van der Waals surface area contributed by atoms with Gasteiger partial charge in [0.2, 0.25) is 0 Å². The molecule has 8 nitrogen and oxygen atoms in total. The van der Waals surface area contributed by atoms with Crippen molar-refractivity contribution in [1.82, 2.24) is 4.31 Å². The maximum Gasteiger partial charge on any atom is 0.331 e. The molecule has 0 saturated carbocycles. The summed E-state index contributed by atoms with van der Waals surface area (Å²) in [5.74, 6) is -0.534. The summed E-state index contributed by atoms with van der Waals surface area (Å²) in [5, 5.41) is 9.02. The number of carboxylic acids is 1. The SMILES string of the molecule is CCCCC1CN(c2ccc(F)cc2)c2cc(SC)c(O/C=C/C(=O)O)cc2S(O)(O)N1Cc1ccc(OC)cc1. The number of thioether (sulfide) groups is 1. The van der Waals surface area contributed by atoms with E-state index < -0.39 is 16.7 Å². The van der Waals surface area contributed by atoms with E-state index in [9.17, 15) is 18.3 Å². The Labute approximate surface area is 245 Å². The zero-order chi connectivity index (χ0) is 29.6. The highest BCUT2D eigenvalue weighted by Crippen LogP contribution is 2.61. The number of fused-ring (bicyclic) bond motifs is 1. The number of anilines is 2. The summed E-state index contributed by atoms with van der Waals surface area (Å²) in [6.45, 7) is 2.78. The molecule has 0 spiro atoms. The molecule has 11 heteroatoms. The average Bonchev–Trinajstić information content (AvgIpc) is 3.04. The fourth-order valence-electron chi connectivity index (χ4n) is 4.78. The van der Waals surface area contributed by atoms with E-state index in [1.807, 2.05) is 41.5 Å². The van der Waals surface area contributed by atoms with Crippen LogP contribution in [0.3, 0.4) is 0 Å². The molecule has 0 bridgehead atoms. The van der Waals surface area contributed by atoms with Crippen LogP contribution in [0, 0.1) is 5.82 Å². The number of carboxylic acid groups (broad SMARTS) is 1. The first-order valence-corrected chi connectivity index (χ1v) is 15.9. The summed E-state index contributed by atoms with van der Waals surface area (Å²) < 4.78 is 50.8. The van der Waals surface area contributed by atoms with Crippen molar-refractivity contribution in [2.24, 2.45) is 0 Å². The van der Waals surface area contributed by atoms with Crippen LogP contribution < -0.4 is 14.4 Å². The zero-order valence-corrected chi connectivity index (χ0v) is 24.8. The zero-order valence-electron chi connectivity index (χ0n) is 23.2. The molecule has 1 aliphatic rings. The molecule has 1 atom stereocenters. The number of ether oxygens (including phenoxy) is 2. The van der Waals surface area contributed by atoms with Crippen LogP contribution in [0.5, 0.6) is 11.5 Å². The Balaban J connectivity index is 1.90. The number of halogens is 1. The van der Waals surface area contributed by atoms with Crippen LogP contribution in [-0.2, 0) is 11.3 Å². The van der Waals surface area contributed by atoms with E-state index in [0.717, 1.165) is 30.7 Å². The van der Waals surface area contributed by atoms with Crippen molar-refractivity contribution in [2.45, 2.75) is 48.6 Å². The second-order valence-corrected chi connectivity index (χ2v) is 12.3. The van der Waals surface area contributed by atoms with Gasteiger partial charge in [-0.2, -0.15) is 4.31 Å². The highest BCUT2D eigenvalue weighted by Gasteiger charge is 2.40. The third-order valence-corrected chi connectivity index (χ3v) is 9.65. The molecule has 0 saturated heterocycles. The van der Waals surface area contributed by atoms with E-state index in [2.05, 4.69) is 6.92 Å². The monoisotopic (exact) mass is 602 g/mol. The summed E-state index contributed by atoms with van der Waals surface area (Å²) in [6, 6.07) is 16.7. The molecular formula is C30H35FN2O6S2. The van der Waals surface area contributed by atoms with Gasteiger partial charge in [0, 0.05) is 30.9 Å². The van der Waals surface area contributed by atoms with Crippen LogP contribution in [0.15, 0.2) is 82.8 Å². The van der Waals surface area contributed by atoms with Crippen molar-refractivity contribution in [3.63, 3.8) is 0 Å². The van der Waals surface area contributed by atoms with E-state index in [0.29, 0.717) is 40.7 Å². The molecule has 220 valence electrons. The lowest BCUT2D eigenvalue weighted by Gasteiger charge is -2.45. The van der Waals surface area contributed by atoms with Crippen molar-refractivity contribution < 1.29 is 32.9 Å². The molecule has 1 heterocycles. The number of rotatable bonds is 11. The number of hydrogen-bond acceptors (Lipinski definition) is 8. The Bertz CT molecular complexity index is 1370. The van der Waals surface area contributed by atoms with E-state index in [-0.39, 0.29) is 23.3 Å². The first-order chi connectivity index (χ1) is 19.7. The Hall–Kier alpha value is -3.22. The molecule has 0 aromatic heterocycles. The topological polar surface area (TPSA) is 103 Å². The molecule has 3 aromatic carbocycles. The Morgan fingerprint density at radius 2 is 1.85 bits per heavy atom. The molecule has 0 fully saturated rings. The standard InChI is InChI=1S/C30H35FN2O6S2/c1-4-5-6-24-20-32(23-11-9-22(31)10-12-23)26-17-28(40-3)27(39-16-15-30(34)35)18-29(26)41(36,37)33(24)19-21-7-13-25(38-2)14-8-21/h7-18,24,36-37H,4-6,19-20H2,1-3H3,(H,34,35)/b16-15+. The molecular weight excluding hydrogens is 567 g/mol. The van der Waals surface area contributed by atoms with E-state index in [4.69, 9.17) is 14.6 Å². The minimum atomic E-state index is -3.59. The maximum absolute atomic E-state index is 13.9. The third-order valence-electron chi connectivity index (χ3n) is 6.89. The number of nitrogens with zero attached hydrogens (tertiary/aromatic N) is 2. The smallest absolute Gasteiger partial charge is 0.331 e. The van der Waals surface area contributed by atoms with E-state index in [1.54, 1.807) is 29.6 Å². The summed E-state index contributed by atoms with van der Waals surface area (Å²) in [6.07, 6.45) is 6.29. The molecule has 0 aliphatic carbocycles. The lowest BCUT2D eigenvalue weighted by Crippen LogP contribution is -2.41. The van der Waals surface area contributed by atoms with Gasteiger partial charge in [-0.15, -0.1) is 22.5 Å². The number of unbranched alkanes of at least 4 members (excludes halogenated alkanes) is 1. The van der Waals surface area contributed by atoms with Gasteiger partial charge in [-0.1, -0.05) is 31.9 Å². The van der Waals surface area contributed by atoms with Gasteiger partial charge in [-0.05, 0) is 60.7 Å². The van der Waals surface area contributed by atoms with E-state index >= 15 is 0 Å². The number of carbonyl (C=O) groups is 1. The quantitative estimate of drug-likeness (QED) is 0.115. The van der Waals surface area contributed by atoms with Gasteiger partial charge in [0.05, 0.1) is 30.0 Å². The lowest BCUT2D eigenvalue weighted by atomic mass is 10.1. The summed E-state index contributed by atoms with van der Waals surface area (Å²) in [7, 11) is -2.00. The van der Waals surface area contributed by atoms with Crippen LogP contribution in [-0.4, -0.2) is 50.4 Å². The Kier molecular flexibility index (Phi) is 10.2. The normalized spacial score (nSPS) is 17.6. The van der Waals surface area contributed by atoms with Crippen LogP contribution >= 0.6 is 22.5 Å². The average molecular weight is 603 g/mol. The molecule has 4 rings (SSSR count). The maximum atomic E-state index is 13.9. The van der Waals surface area contributed by atoms with Gasteiger partial charge in [-0.25, -0.2) is 9.18 Å². The van der Waals surface area contributed by atoms with Gasteiger partial charge in [0.15, 0.2) is 0 Å². The van der Waals surface area contributed by atoms with Crippen molar-refractivity contribution in [3.05, 3.63) is 84.4 Å². The van der Waals surface area contributed by atoms with E-state index in [1.165, 1.54) is 23.9 Å². The minimum Gasteiger partial charge on any atom is -0.497 e. The van der Waals surface area contributed by atoms with Gasteiger partial charge in [0.25, 0.3) is 0 Å². The van der Waals surface area contributed by atoms with Gasteiger partial charge < -0.3 is 19.5 Å². The summed E-state index contributed by atoms with van der Waals surface area (Å²) in [4.78, 5) is 13.9. The first-order valence-electron chi connectivity index (χ1n) is 13.2. The number of hydrogen-bond donors (Lipinski definition) is 3. The van der Waals surface area contributed by atoms with Crippen LogP contribution in [0.4, 0.5) is 15.8 Å². The molecule has 3 aromatic rings. The molecule has 1 unspecified atom stereocenters. The van der Waals surface area contributed by atoms with Gasteiger partial charge in [-0.3, -0.25) is 9.11 Å². The third kappa shape index (κ3) is 7.17. The number of methoxy groups -OCH3 is 1. The predicted octanol–water partition coefficient (Wildman–Crippen LogP) is 7.77. The number of benzene rings is 3. The molecule has 3 N–H and O–H groups in total. The lowest BCUT2D eigenvalue weighted by molar-refractivity contribution is -0.131. The highest BCUT2D eigenvalue weighted by atomic mass is 32.3. The molecule has 1 aliphatic heterocycles. The predicted molar refractivity (Wildman–Crippen MR) is 162 cm³/mol. The van der Waals surface area contributed by atoms with Crippen molar-refractivity contribution >= 4 is 39.9 Å². The fourth-order valence-corrected chi connectivity index (χ4v) is 7.21. The first kappa shape index (κ1) is 30.7. The highest BCUT2D eigenvalue weighted by molar-refractivity contribution is 8.22. The largest absolute Gasteiger partial charge is 0.497 e. The summed E-state index contributed by atoms with van der Waals surface area (Å²) >= 11 is 1.38. The fraction of sp³-hybridized carbons (Fsp3) is 0.300. The van der Waals surface area contributed by atoms with Crippen LogP contribution in [0.2, 0.25) is 0 Å². The minimum absolute atomic E-state index is 0.242. The van der Waals surface area contributed by atoms with Crippen molar-refractivity contribution in [2.75, 3.05) is 24.8 Å². The molecule has 0 radical (unpaired) electrons. The van der Waals surface area contributed by atoms with Gasteiger partial charge >= 0.3 is 5.97 Å². The Morgan fingerprint density at radius 3 is 2.46 bits per heavy atom. The Morgan fingerprint density at radius 1 is 1.15 bits per heavy atom. The second kappa shape index (κ2) is 13.6. The molecule has 41 heavy (non-hydrogen) atoms. The second-order valence-electron chi connectivity index (χ2n) is 9.55. The molecule has 0 amide bonds. The van der Waals surface area contributed by atoms with Crippen molar-refractivity contribution in [3.8, 4) is 11.5 Å². The van der Waals surface area contributed by atoms with Crippen molar-refractivity contribution in [1.29, 1.82) is 0 Å².